The summed E-state index contributed by atoms with van der Waals surface area (Å²) >= 11 is 0. The van der Waals surface area contributed by atoms with Gasteiger partial charge in [0, 0.05) is 41.9 Å². The lowest BCUT2D eigenvalue weighted by atomic mass is 10.1. The first-order valence-electron chi connectivity index (χ1n) is 8.64. The summed E-state index contributed by atoms with van der Waals surface area (Å²) in [4.78, 5) is 23.7. The lowest BCUT2D eigenvalue weighted by Crippen LogP contribution is -2.15. The number of aromatic nitrogens is 4. The predicted octanol–water partition coefficient (Wildman–Crippen LogP) is 2.73. The first-order chi connectivity index (χ1) is 13.2. The molecule has 0 unspecified atom stereocenters. The van der Waals surface area contributed by atoms with Gasteiger partial charge in [0.15, 0.2) is 11.5 Å². The van der Waals surface area contributed by atoms with Crippen molar-refractivity contribution in [2.45, 2.75) is 13.3 Å². The van der Waals surface area contributed by atoms with Crippen LogP contribution < -0.4 is 15.2 Å². The van der Waals surface area contributed by atoms with Gasteiger partial charge in [-0.3, -0.25) is 14.5 Å². The summed E-state index contributed by atoms with van der Waals surface area (Å²) in [6.45, 7) is 2.81. The van der Waals surface area contributed by atoms with Crippen molar-refractivity contribution in [3.8, 4) is 17.2 Å². The van der Waals surface area contributed by atoms with Crippen molar-refractivity contribution in [2.75, 3.05) is 13.2 Å². The second kappa shape index (κ2) is 5.80. The van der Waals surface area contributed by atoms with Crippen molar-refractivity contribution < 1.29 is 13.9 Å². The number of halogens is 1. The van der Waals surface area contributed by atoms with Crippen LogP contribution in [0.1, 0.15) is 12.5 Å². The van der Waals surface area contributed by atoms with Gasteiger partial charge >= 0.3 is 5.69 Å². The molecular weight excluding hydrogens is 351 g/mol. The van der Waals surface area contributed by atoms with E-state index in [1.54, 1.807) is 24.5 Å². The SMILES string of the molecule is CCOc1ccnc2[nH]c(=O)n(-c3cc(F)c4ncc5c(c4c3)OCC5)c12. The molecule has 0 atom stereocenters. The number of benzene rings is 1. The van der Waals surface area contributed by atoms with E-state index >= 15 is 0 Å². The van der Waals surface area contributed by atoms with E-state index in [0.717, 1.165) is 12.0 Å². The Morgan fingerprint density at radius 3 is 3.11 bits per heavy atom. The van der Waals surface area contributed by atoms with Gasteiger partial charge in [-0.1, -0.05) is 0 Å². The molecule has 0 spiro atoms. The van der Waals surface area contributed by atoms with Crippen LogP contribution in [0.4, 0.5) is 4.39 Å². The van der Waals surface area contributed by atoms with E-state index in [0.29, 0.717) is 47.0 Å². The zero-order valence-electron chi connectivity index (χ0n) is 14.5. The van der Waals surface area contributed by atoms with Crippen molar-refractivity contribution in [1.82, 2.24) is 19.5 Å². The molecular formula is C19H15FN4O3. The second-order valence-corrected chi connectivity index (χ2v) is 6.24. The molecule has 0 radical (unpaired) electrons. The highest BCUT2D eigenvalue weighted by atomic mass is 19.1. The van der Waals surface area contributed by atoms with E-state index in [9.17, 15) is 9.18 Å². The van der Waals surface area contributed by atoms with E-state index in [1.807, 2.05) is 6.92 Å². The molecule has 27 heavy (non-hydrogen) atoms. The van der Waals surface area contributed by atoms with E-state index in [2.05, 4.69) is 15.0 Å². The predicted molar refractivity (Wildman–Crippen MR) is 97.3 cm³/mol. The molecule has 1 aliphatic heterocycles. The molecule has 1 aliphatic rings. The number of hydrogen-bond acceptors (Lipinski definition) is 5. The number of pyridine rings is 2. The summed E-state index contributed by atoms with van der Waals surface area (Å²) in [5.74, 6) is 0.592. The number of H-pyrrole nitrogens is 1. The molecule has 136 valence electrons. The molecule has 0 bridgehead atoms. The van der Waals surface area contributed by atoms with Crippen LogP contribution in [0.2, 0.25) is 0 Å². The van der Waals surface area contributed by atoms with Crippen LogP contribution in [-0.4, -0.2) is 32.7 Å². The zero-order chi connectivity index (χ0) is 18.5. The monoisotopic (exact) mass is 366 g/mol. The highest BCUT2D eigenvalue weighted by molar-refractivity contribution is 5.90. The number of rotatable bonds is 3. The Morgan fingerprint density at radius 2 is 2.26 bits per heavy atom. The van der Waals surface area contributed by atoms with Crippen LogP contribution in [-0.2, 0) is 6.42 Å². The molecule has 4 heterocycles. The normalized spacial score (nSPS) is 13.1. The first kappa shape index (κ1) is 15.8. The molecule has 0 saturated heterocycles. The maximum Gasteiger partial charge on any atom is 0.332 e. The third kappa shape index (κ3) is 2.29. The summed E-state index contributed by atoms with van der Waals surface area (Å²) in [5.41, 5.74) is 1.92. The van der Waals surface area contributed by atoms with Crippen molar-refractivity contribution in [3.05, 3.63) is 52.5 Å². The molecule has 8 heteroatoms. The van der Waals surface area contributed by atoms with Crippen LogP contribution >= 0.6 is 0 Å². The topological polar surface area (TPSA) is 82.0 Å². The van der Waals surface area contributed by atoms with Gasteiger partial charge in [-0.2, -0.15) is 0 Å². The number of aromatic amines is 1. The van der Waals surface area contributed by atoms with Gasteiger partial charge in [0.25, 0.3) is 0 Å². The summed E-state index contributed by atoms with van der Waals surface area (Å²) in [5, 5.41) is 0.545. The van der Waals surface area contributed by atoms with Gasteiger partial charge < -0.3 is 9.47 Å². The maximum absolute atomic E-state index is 14.8. The van der Waals surface area contributed by atoms with Crippen molar-refractivity contribution in [2.24, 2.45) is 0 Å². The number of imidazole rings is 1. The second-order valence-electron chi connectivity index (χ2n) is 6.24. The lowest BCUT2D eigenvalue weighted by Gasteiger charge is -2.11. The lowest BCUT2D eigenvalue weighted by molar-refractivity contribution is 0.343. The van der Waals surface area contributed by atoms with Gasteiger partial charge in [0.1, 0.15) is 22.5 Å². The Morgan fingerprint density at radius 1 is 1.37 bits per heavy atom. The minimum atomic E-state index is -0.524. The number of ether oxygens (including phenoxy) is 2. The largest absolute Gasteiger partial charge is 0.492 e. The number of nitrogens with one attached hydrogen (secondary N) is 1. The van der Waals surface area contributed by atoms with E-state index in [4.69, 9.17) is 9.47 Å². The quantitative estimate of drug-likeness (QED) is 0.603. The van der Waals surface area contributed by atoms with Crippen LogP contribution in [0.25, 0.3) is 27.8 Å². The maximum atomic E-state index is 14.8. The summed E-state index contributed by atoms with van der Waals surface area (Å²) in [6.07, 6.45) is 3.93. The Bertz CT molecular complexity index is 1260. The molecule has 5 rings (SSSR count). The molecule has 0 amide bonds. The van der Waals surface area contributed by atoms with Gasteiger partial charge in [0.05, 0.1) is 18.9 Å². The van der Waals surface area contributed by atoms with Crippen LogP contribution in [0, 0.1) is 5.82 Å². The molecule has 7 nitrogen and oxygen atoms in total. The van der Waals surface area contributed by atoms with Gasteiger partial charge in [-0.25, -0.2) is 14.2 Å². The summed E-state index contributed by atoms with van der Waals surface area (Å²) in [6, 6.07) is 4.68. The Labute approximate surface area is 152 Å². The number of hydrogen-bond donors (Lipinski definition) is 1. The molecule has 4 aromatic rings. The Kier molecular flexibility index (Phi) is 3.40. The van der Waals surface area contributed by atoms with Crippen LogP contribution in [0.15, 0.2) is 35.4 Å². The highest BCUT2D eigenvalue weighted by Crippen LogP contribution is 2.35. The number of fused-ring (bicyclic) bond motifs is 4. The fraction of sp³-hybridized carbons (Fsp3) is 0.211. The fourth-order valence-electron chi connectivity index (χ4n) is 3.52. The first-order valence-corrected chi connectivity index (χ1v) is 8.64. The average molecular weight is 366 g/mol. The molecule has 0 saturated carbocycles. The number of nitrogens with zero attached hydrogens (tertiary/aromatic N) is 3. The fourth-order valence-corrected chi connectivity index (χ4v) is 3.52. The minimum Gasteiger partial charge on any atom is -0.492 e. The summed E-state index contributed by atoms with van der Waals surface area (Å²) < 4.78 is 27.5. The van der Waals surface area contributed by atoms with Gasteiger partial charge in [-0.15, -0.1) is 0 Å². The average Bonchev–Trinajstić information content (AvgIpc) is 3.26. The third-order valence-corrected chi connectivity index (χ3v) is 4.65. The molecule has 0 fully saturated rings. The van der Waals surface area contributed by atoms with Gasteiger partial charge in [-0.05, 0) is 13.0 Å². The van der Waals surface area contributed by atoms with E-state index < -0.39 is 11.5 Å². The van der Waals surface area contributed by atoms with Crippen LogP contribution in [0.5, 0.6) is 11.5 Å². The third-order valence-electron chi connectivity index (χ3n) is 4.65. The highest BCUT2D eigenvalue weighted by Gasteiger charge is 2.21. The molecule has 0 aliphatic carbocycles. The smallest absolute Gasteiger partial charge is 0.332 e. The Balaban J connectivity index is 1.84. The van der Waals surface area contributed by atoms with Crippen molar-refractivity contribution in [3.63, 3.8) is 0 Å². The standard InChI is InChI=1S/C19H15FN4O3/c1-2-26-14-3-5-21-18-16(14)24(19(25)23-18)11-7-12-15(13(20)8-11)22-9-10-4-6-27-17(10)12/h3,5,7-9H,2,4,6H2,1H3,(H,21,23,25). The van der Waals surface area contributed by atoms with Crippen molar-refractivity contribution >= 4 is 22.1 Å². The van der Waals surface area contributed by atoms with E-state index in [-0.39, 0.29) is 5.52 Å². The van der Waals surface area contributed by atoms with Gasteiger partial charge in [0.2, 0.25) is 0 Å². The molecule has 1 N–H and O–H groups in total. The van der Waals surface area contributed by atoms with Crippen LogP contribution in [0.3, 0.4) is 0 Å². The Hall–Kier alpha value is -3.42. The zero-order valence-corrected chi connectivity index (χ0v) is 14.5. The van der Waals surface area contributed by atoms with E-state index in [1.165, 1.54) is 10.6 Å². The molecule has 3 aromatic heterocycles. The molecule has 1 aromatic carbocycles. The van der Waals surface area contributed by atoms with Crippen molar-refractivity contribution in [1.29, 1.82) is 0 Å². The summed E-state index contributed by atoms with van der Waals surface area (Å²) in [7, 11) is 0. The minimum absolute atomic E-state index is 0.218.